The molecule has 0 aliphatic carbocycles. The fraction of sp³-hybridized carbons (Fsp3) is 0.500. The summed E-state index contributed by atoms with van der Waals surface area (Å²) in [5.41, 5.74) is 1.92. The van der Waals surface area contributed by atoms with Crippen LogP contribution in [-0.2, 0) is 9.53 Å². The number of nitrogens with one attached hydrogen (secondary N) is 1. The summed E-state index contributed by atoms with van der Waals surface area (Å²) >= 11 is 1.61. The first kappa shape index (κ1) is 21.3. The minimum Gasteiger partial charge on any atom is -0.449 e. The van der Waals surface area contributed by atoms with Crippen molar-refractivity contribution in [3.63, 3.8) is 0 Å². The molecular formula is C22H29N3O3S. The molecule has 1 unspecified atom stereocenters. The zero-order valence-electron chi connectivity index (χ0n) is 17.3. The second-order valence-electron chi connectivity index (χ2n) is 7.89. The standard InChI is InChI=1S/C22H29N3O3S/c1-15(2)14-28-22(27)25-11-8-17(9-12-25)21(26)24-20(18-7-5-13-29-18)19-16(3)6-4-10-23-19/h4-7,10,13,15,17,20H,8-9,11-12,14H2,1-3H3,(H,24,26). The molecule has 1 aliphatic rings. The number of piperidine rings is 1. The van der Waals surface area contributed by atoms with Gasteiger partial charge < -0.3 is 15.0 Å². The Bertz CT molecular complexity index is 814. The summed E-state index contributed by atoms with van der Waals surface area (Å²) in [6.45, 7) is 7.54. The third-order valence-corrected chi connectivity index (χ3v) is 6.04. The maximum atomic E-state index is 13.0. The van der Waals surface area contributed by atoms with E-state index >= 15 is 0 Å². The molecule has 1 fully saturated rings. The molecule has 0 aromatic carbocycles. The minimum absolute atomic E-state index is 0.0173. The van der Waals surface area contributed by atoms with Crippen molar-refractivity contribution in [2.45, 2.75) is 39.7 Å². The van der Waals surface area contributed by atoms with Crippen LogP contribution >= 0.6 is 11.3 Å². The molecule has 3 rings (SSSR count). The summed E-state index contributed by atoms with van der Waals surface area (Å²) in [5.74, 6) is 0.214. The number of likely N-dealkylation sites (tertiary alicyclic amines) is 1. The fourth-order valence-corrected chi connectivity index (χ4v) is 4.22. The summed E-state index contributed by atoms with van der Waals surface area (Å²) in [6, 6.07) is 7.67. The maximum absolute atomic E-state index is 13.0. The lowest BCUT2D eigenvalue weighted by atomic mass is 9.95. The first-order chi connectivity index (χ1) is 14.0. The number of carbonyl (C=O) groups is 2. The SMILES string of the molecule is Cc1cccnc1C(NC(=O)C1CCN(C(=O)OCC(C)C)CC1)c1cccs1. The number of ether oxygens (including phenoxy) is 1. The van der Waals surface area contributed by atoms with Crippen LogP contribution in [0.4, 0.5) is 4.79 Å². The van der Waals surface area contributed by atoms with Crippen LogP contribution in [0.5, 0.6) is 0 Å². The fourth-order valence-electron chi connectivity index (χ4n) is 3.44. The first-order valence-electron chi connectivity index (χ1n) is 10.1. The molecule has 0 bridgehead atoms. The van der Waals surface area contributed by atoms with Gasteiger partial charge in [-0.25, -0.2) is 4.79 Å². The van der Waals surface area contributed by atoms with Crippen molar-refractivity contribution in [2.75, 3.05) is 19.7 Å². The average Bonchev–Trinajstić information content (AvgIpc) is 3.25. The maximum Gasteiger partial charge on any atom is 0.409 e. The van der Waals surface area contributed by atoms with Gasteiger partial charge >= 0.3 is 6.09 Å². The van der Waals surface area contributed by atoms with Gasteiger partial charge in [-0.15, -0.1) is 11.3 Å². The van der Waals surface area contributed by atoms with Gasteiger partial charge in [0.2, 0.25) is 5.91 Å². The van der Waals surface area contributed by atoms with Crippen molar-refractivity contribution in [1.82, 2.24) is 15.2 Å². The molecule has 1 saturated heterocycles. The number of pyridine rings is 1. The molecule has 3 heterocycles. The number of aromatic nitrogens is 1. The predicted molar refractivity (Wildman–Crippen MR) is 114 cm³/mol. The summed E-state index contributed by atoms with van der Waals surface area (Å²) in [5, 5.41) is 5.21. The van der Waals surface area contributed by atoms with Gasteiger partial charge in [-0.3, -0.25) is 9.78 Å². The second-order valence-corrected chi connectivity index (χ2v) is 8.87. The number of amides is 2. The molecule has 1 atom stereocenters. The van der Waals surface area contributed by atoms with E-state index in [1.807, 2.05) is 50.4 Å². The van der Waals surface area contributed by atoms with E-state index in [0.29, 0.717) is 38.5 Å². The Morgan fingerprint density at radius 3 is 2.66 bits per heavy atom. The van der Waals surface area contributed by atoms with E-state index < -0.39 is 0 Å². The van der Waals surface area contributed by atoms with Crippen LogP contribution in [0, 0.1) is 18.8 Å². The first-order valence-corrected chi connectivity index (χ1v) is 11.0. The zero-order chi connectivity index (χ0) is 20.8. The largest absolute Gasteiger partial charge is 0.449 e. The molecule has 0 saturated carbocycles. The van der Waals surface area contributed by atoms with Crippen LogP contribution in [0.15, 0.2) is 35.8 Å². The molecule has 29 heavy (non-hydrogen) atoms. The molecular weight excluding hydrogens is 386 g/mol. The lowest BCUT2D eigenvalue weighted by Crippen LogP contribution is -2.44. The highest BCUT2D eigenvalue weighted by Gasteiger charge is 2.30. The van der Waals surface area contributed by atoms with Crippen molar-refractivity contribution in [2.24, 2.45) is 11.8 Å². The molecule has 1 aliphatic heterocycles. The van der Waals surface area contributed by atoms with Crippen LogP contribution in [0.1, 0.15) is 48.9 Å². The molecule has 0 spiro atoms. The Kier molecular flexibility index (Phi) is 7.25. The Labute approximate surface area is 176 Å². The van der Waals surface area contributed by atoms with Crippen molar-refractivity contribution in [3.8, 4) is 0 Å². The topological polar surface area (TPSA) is 71.5 Å². The van der Waals surface area contributed by atoms with Crippen LogP contribution in [-0.4, -0.2) is 41.6 Å². The van der Waals surface area contributed by atoms with Gasteiger partial charge in [-0.1, -0.05) is 26.0 Å². The number of thiophene rings is 1. The van der Waals surface area contributed by atoms with Gasteiger partial charge in [0, 0.05) is 30.1 Å². The molecule has 2 amide bonds. The van der Waals surface area contributed by atoms with E-state index in [4.69, 9.17) is 4.74 Å². The molecule has 2 aromatic heterocycles. The Morgan fingerprint density at radius 2 is 2.03 bits per heavy atom. The number of hydrogen-bond acceptors (Lipinski definition) is 5. The number of carbonyl (C=O) groups excluding carboxylic acids is 2. The highest BCUT2D eigenvalue weighted by molar-refractivity contribution is 7.10. The normalized spacial score (nSPS) is 15.9. The van der Waals surface area contributed by atoms with Crippen molar-refractivity contribution < 1.29 is 14.3 Å². The van der Waals surface area contributed by atoms with Gasteiger partial charge in [0.15, 0.2) is 0 Å². The van der Waals surface area contributed by atoms with Crippen LogP contribution in [0.2, 0.25) is 0 Å². The van der Waals surface area contributed by atoms with Gasteiger partial charge in [0.05, 0.1) is 12.3 Å². The van der Waals surface area contributed by atoms with E-state index in [-0.39, 0.29) is 24.0 Å². The van der Waals surface area contributed by atoms with E-state index in [0.717, 1.165) is 16.1 Å². The van der Waals surface area contributed by atoms with E-state index in [2.05, 4.69) is 10.3 Å². The lowest BCUT2D eigenvalue weighted by Gasteiger charge is -2.31. The second kappa shape index (κ2) is 9.87. The Hall–Kier alpha value is -2.41. The summed E-state index contributed by atoms with van der Waals surface area (Å²) in [6.07, 6.45) is 2.76. The monoisotopic (exact) mass is 415 g/mol. The highest BCUT2D eigenvalue weighted by atomic mass is 32.1. The van der Waals surface area contributed by atoms with Gasteiger partial charge in [0.25, 0.3) is 0 Å². The molecule has 6 nitrogen and oxygen atoms in total. The molecule has 1 N–H and O–H groups in total. The minimum atomic E-state index is -0.280. The highest BCUT2D eigenvalue weighted by Crippen LogP contribution is 2.28. The third kappa shape index (κ3) is 5.56. The van der Waals surface area contributed by atoms with Crippen molar-refractivity contribution in [1.29, 1.82) is 0 Å². The van der Waals surface area contributed by atoms with E-state index in [9.17, 15) is 9.59 Å². The number of hydrogen-bond donors (Lipinski definition) is 1. The Balaban J connectivity index is 1.61. The summed E-state index contributed by atoms with van der Waals surface area (Å²) in [7, 11) is 0. The zero-order valence-corrected chi connectivity index (χ0v) is 18.1. The number of nitrogens with zero attached hydrogens (tertiary/aromatic N) is 2. The number of aryl methyl sites for hydroxylation is 1. The van der Waals surface area contributed by atoms with Gasteiger partial charge in [0.1, 0.15) is 6.04 Å². The van der Waals surface area contributed by atoms with Crippen molar-refractivity contribution in [3.05, 3.63) is 52.0 Å². The Morgan fingerprint density at radius 1 is 1.28 bits per heavy atom. The van der Waals surface area contributed by atoms with Crippen LogP contribution in [0.25, 0.3) is 0 Å². The van der Waals surface area contributed by atoms with E-state index in [1.54, 1.807) is 22.4 Å². The molecule has 0 radical (unpaired) electrons. The van der Waals surface area contributed by atoms with Crippen molar-refractivity contribution >= 4 is 23.3 Å². The molecule has 156 valence electrons. The van der Waals surface area contributed by atoms with E-state index in [1.165, 1.54) is 0 Å². The van der Waals surface area contributed by atoms with Crippen LogP contribution in [0.3, 0.4) is 0 Å². The number of rotatable bonds is 6. The summed E-state index contributed by atoms with van der Waals surface area (Å²) in [4.78, 5) is 32.4. The molecule has 2 aromatic rings. The van der Waals surface area contributed by atoms with Crippen LogP contribution < -0.4 is 5.32 Å². The quantitative estimate of drug-likeness (QED) is 0.769. The average molecular weight is 416 g/mol. The lowest BCUT2D eigenvalue weighted by molar-refractivity contribution is -0.126. The predicted octanol–water partition coefficient (Wildman–Crippen LogP) is 4.16. The summed E-state index contributed by atoms with van der Waals surface area (Å²) < 4.78 is 5.30. The van der Waals surface area contributed by atoms with Gasteiger partial charge in [-0.05, 0) is 48.8 Å². The smallest absolute Gasteiger partial charge is 0.409 e. The third-order valence-electron chi connectivity index (χ3n) is 5.10. The molecule has 7 heteroatoms. The van der Waals surface area contributed by atoms with Gasteiger partial charge in [-0.2, -0.15) is 0 Å².